The van der Waals surface area contributed by atoms with Gasteiger partial charge >= 0.3 is 37.2 Å². The van der Waals surface area contributed by atoms with Crippen LogP contribution in [-0.4, -0.2) is 70.9 Å². The number of nitrogens with zero attached hydrogens (tertiary/aromatic N) is 3. The van der Waals surface area contributed by atoms with Gasteiger partial charge in [-0.25, -0.2) is 18.8 Å². The summed E-state index contributed by atoms with van der Waals surface area (Å²) in [7, 11) is 0. The number of urea groups is 1. The summed E-state index contributed by atoms with van der Waals surface area (Å²) in [6, 6.07) is -0.0667. The SMILES string of the molecule is CC1=C[C@@H](C#N)N2C[C@@H]1N(O[C@H](F)C(=O)O)C2=O.[LiH]. The monoisotopic (exact) mass is 263 g/mol. The second-order valence-electron chi connectivity index (χ2n) is 4.02. The zero-order valence-corrected chi connectivity index (χ0v) is 9.41. The summed E-state index contributed by atoms with van der Waals surface area (Å²) in [5, 5.41) is 18.0. The van der Waals surface area contributed by atoms with E-state index >= 15 is 0 Å². The first-order chi connectivity index (χ1) is 8.45. The minimum atomic E-state index is -2.61. The van der Waals surface area contributed by atoms with Crippen LogP contribution in [0.4, 0.5) is 9.18 Å². The molecule has 0 unspecified atom stereocenters. The summed E-state index contributed by atoms with van der Waals surface area (Å²) in [5.41, 5.74) is 0.668. The van der Waals surface area contributed by atoms with Crippen LogP contribution in [0.1, 0.15) is 6.92 Å². The van der Waals surface area contributed by atoms with E-state index in [1.807, 2.05) is 6.07 Å². The Morgan fingerprint density at radius 3 is 2.89 bits per heavy atom. The number of rotatable bonds is 3. The van der Waals surface area contributed by atoms with Crippen molar-refractivity contribution in [2.45, 2.75) is 25.4 Å². The standard InChI is InChI=1S/C10H10FN3O4.Li.H/c1-5-2-6(3-12)13-4-7(5)14(10(13)17)18-8(11)9(15)16;;/h2,6-8H,4H2,1H3,(H,15,16);;/t6-,7-,8-;;/m0../s1. The van der Waals surface area contributed by atoms with Crippen molar-refractivity contribution in [1.82, 2.24) is 9.96 Å². The number of carbonyl (C=O) groups excluding carboxylic acids is 1. The molecule has 98 valence electrons. The molecule has 1 saturated heterocycles. The van der Waals surface area contributed by atoms with Crippen LogP contribution in [0.5, 0.6) is 0 Å². The van der Waals surface area contributed by atoms with Crippen LogP contribution in [0, 0.1) is 11.3 Å². The van der Waals surface area contributed by atoms with Crippen molar-refractivity contribution in [3.63, 3.8) is 0 Å². The Hall–Kier alpha value is -1.54. The number of alkyl halides is 1. The van der Waals surface area contributed by atoms with E-state index in [-0.39, 0.29) is 25.4 Å². The maximum absolute atomic E-state index is 13.0. The molecule has 2 aliphatic heterocycles. The molecular formula is C10H11FLiN3O4. The summed E-state index contributed by atoms with van der Waals surface area (Å²) >= 11 is 0. The molecule has 3 atom stereocenters. The zero-order chi connectivity index (χ0) is 13.4. The predicted octanol–water partition coefficient (Wildman–Crippen LogP) is -0.392. The third-order valence-corrected chi connectivity index (χ3v) is 2.90. The van der Waals surface area contributed by atoms with Crippen molar-refractivity contribution in [3.05, 3.63) is 11.6 Å². The number of hydrogen-bond acceptors (Lipinski definition) is 4. The molecule has 2 heterocycles. The number of amides is 2. The Morgan fingerprint density at radius 1 is 1.74 bits per heavy atom. The van der Waals surface area contributed by atoms with Crippen molar-refractivity contribution in [2.24, 2.45) is 0 Å². The number of hydroxylamine groups is 2. The normalized spacial score (nSPS) is 26.4. The van der Waals surface area contributed by atoms with Gasteiger partial charge in [-0.3, -0.25) is 0 Å². The Labute approximate surface area is 120 Å². The van der Waals surface area contributed by atoms with Crippen molar-refractivity contribution in [1.29, 1.82) is 5.26 Å². The minimum absolute atomic E-state index is 0. The van der Waals surface area contributed by atoms with E-state index < -0.39 is 30.4 Å². The molecule has 0 saturated carbocycles. The van der Waals surface area contributed by atoms with Gasteiger partial charge < -0.3 is 10.0 Å². The molecule has 19 heavy (non-hydrogen) atoms. The second-order valence-corrected chi connectivity index (χ2v) is 4.02. The molecule has 1 fully saturated rings. The van der Waals surface area contributed by atoms with E-state index in [1.165, 1.54) is 4.90 Å². The van der Waals surface area contributed by atoms with Crippen LogP contribution in [0.2, 0.25) is 0 Å². The predicted molar refractivity (Wildman–Crippen MR) is 61.7 cm³/mol. The average Bonchev–Trinajstić information content (AvgIpc) is 2.60. The van der Waals surface area contributed by atoms with Crippen LogP contribution < -0.4 is 0 Å². The van der Waals surface area contributed by atoms with Gasteiger partial charge in [-0.15, -0.1) is 0 Å². The number of halogens is 1. The molecule has 7 nitrogen and oxygen atoms in total. The van der Waals surface area contributed by atoms with Gasteiger partial charge in [-0.1, -0.05) is 0 Å². The number of carbonyl (C=O) groups is 2. The molecule has 0 aromatic carbocycles. The zero-order valence-electron chi connectivity index (χ0n) is 9.41. The molecule has 2 bridgehead atoms. The van der Waals surface area contributed by atoms with Crippen molar-refractivity contribution >= 4 is 30.9 Å². The number of fused-ring (bicyclic) bond motifs is 2. The Morgan fingerprint density at radius 2 is 2.37 bits per heavy atom. The Bertz CT molecular complexity index is 478. The van der Waals surface area contributed by atoms with Gasteiger partial charge in [0.2, 0.25) is 0 Å². The van der Waals surface area contributed by atoms with Crippen LogP contribution in [-0.2, 0) is 9.63 Å². The van der Waals surface area contributed by atoms with Crippen LogP contribution >= 0.6 is 0 Å². The molecule has 2 amide bonds. The first-order valence-electron chi connectivity index (χ1n) is 5.17. The summed E-state index contributed by atoms with van der Waals surface area (Å²) in [6.07, 6.45) is -1.04. The molecule has 2 aliphatic rings. The first-order valence-corrected chi connectivity index (χ1v) is 5.17. The van der Waals surface area contributed by atoms with Crippen LogP contribution in [0.25, 0.3) is 0 Å². The topological polar surface area (TPSA) is 93.9 Å². The third kappa shape index (κ3) is 2.59. The van der Waals surface area contributed by atoms with Crippen molar-refractivity contribution in [2.75, 3.05) is 6.54 Å². The van der Waals surface area contributed by atoms with Gasteiger partial charge in [0.25, 0.3) is 0 Å². The fraction of sp³-hybridized carbons (Fsp3) is 0.500. The fourth-order valence-electron chi connectivity index (χ4n) is 1.98. The molecule has 0 spiro atoms. The molecular weight excluding hydrogens is 252 g/mol. The average molecular weight is 263 g/mol. The summed E-state index contributed by atoms with van der Waals surface area (Å²) < 4.78 is 13.0. The maximum atomic E-state index is 13.0. The van der Waals surface area contributed by atoms with Crippen molar-refractivity contribution < 1.29 is 23.9 Å². The summed E-state index contributed by atoms with van der Waals surface area (Å²) in [6.45, 7) is 1.86. The molecule has 0 aromatic heterocycles. The van der Waals surface area contributed by atoms with Gasteiger partial charge in [0.05, 0.1) is 12.6 Å². The number of carboxylic acids is 1. The van der Waals surface area contributed by atoms with E-state index in [2.05, 4.69) is 4.84 Å². The van der Waals surface area contributed by atoms with E-state index in [0.717, 1.165) is 0 Å². The Kier molecular flexibility index (Phi) is 4.59. The van der Waals surface area contributed by atoms with Gasteiger partial charge in [0.15, 0.2) is 0 Å². The van der Waals surface area contributed by atoms with Crippen LogP contribution in [0.15, 0.2) is 11.6 Å². The van der Waals surface area contributed by atoms with Gasteiger partial charge in [0, 0.05) is 0 Å². The van der Waals surface area contributed by atoms with E-state index in [1.54, 1.807) is 13.0 Å². The third-order valence-electron chi connectivity index (χ3n) is 2.90. The molecule has 9 heteroatoms. The van der Waals surface area contributed by atoms with Crippen molar-refractivity contribution in [3.8, 4) is 6.07 Å². The van der Waals surface area contributed by atoms with Crippen LogP contribution in [0.3, 0.4) is 0 Å². The number of nitriles is 1. The molecule has 2 rings (SSSR count). The molecule has 1 N–H and O–H groups in total. The number of aliphatic carboxylic acids is 1. The van der Waals surface area contributed by atoms with E-state index in [0.29, 0.717) is 10.6 Å². The fourth-order valence-corrected chi connectivity index (χ4v) is 1.98. The molecule has 0 radical (unpaired) electrons. The summed E-state index contributed by atoms with van der Waals surface area (Å²) in [4.78, 5) is 27.9. The first kappa shape index (κ1) is 15.5. The second kappa shape index (κ2) is 5.62. The van der Waals surface area contributed by atoms with Gasteiger partial charge in [-0.05, 0) is 18.6 Å². The molecule has 0 aliphatic carbocycles. The summed E-state index contributed by atoms with van der Waals surface area (Å²) in [5.74, 6) is -1.81. The molecule has 0 aromatic rings. The Balaban J connectivity index is 0.00000180. The van der Waals surface area contributed by atoms with Gasteiger partial charge in [-0.2, -0.15) is 10.3 Å². The quantitative estimate of drug-likeness (QED) is 0.552. The van der Waals surface area contributed by atoms with Gasteiger partial charge in [0.1, 0.15) is 12.1 Å². The number of carboxylic acid groups (broad SMARTS) is 1. The van der Waals surface area contributed by atoms with E-state index in [4.69, 9.17) is 10.4 Å². The van der Waals surface area contributed by atoms with E-state index in [9.17, 15) is 14.0 Å². The number of hydrogen-bond donors (Lipinski definition) is 1.